The highest BCUT2D eigenvalue weighted by Crippen LogP contribution is 2.25. The third-order valence-corrected chi connectivity index (χ3v) is 2.83. The van der Waals surface area contributed by atoms with Gasteiger partial charge in [0.2, 0.25) is 5.91 Å². The van der Waals surface area contributed by atoms with Crippen LogP contribution in [0.2, 0.25) is 5.02 Å². The number of hydrogen-bond donors (Lipinski definition) is 2. The maximum absolute atomic E-state index is 11.8. The second-order valence-electron chi connectivity index (χ2n) is 3.90. The van der Waals surface area contributed by atoms with Crippen LogP contribution in [0.15, 0.2) is 18.2 Å². The van der Waals surface area contributed by atoms with Gasteiger partial charge in [0.15, 0.2) is 0 Å². The molecule has 0 saturated carbocycles. The molecule has 3 nitrogen and oxygen atoms in total. The van der Waals surface area contributed by atoms with Gasteiger partial charge in [-0.2, -0.15) is 0 Å². The third kappa shape index (κ3) is 3.22. The van der Waals surface area contributed by atoms with E-state index in [1.54, 1.807) is 6.07 Å². The van der Waals surface area contributed by atoms with Crippen LogP contribution in [0.5, 0.6) is 0 Å². The molecule has 1 amide bonds. The SMILES string of the molecule is Cc1cccc(Cl)c1NC(=O)C(C)CCN. The van der Waals surface area contributed by atoms with Crippen LogP contribution in [0.4, 0.5) is 5.69 Å². The number of carbonyl (C=O) groups is 1. The van der Waals surface area contributed by atoms with Crippen molar-refractivity contribution in [3.8, 4) is 0 Å². The highest BCUT2D eigenvalue weighted by atomic mass is 35.5. The van der Waals surface area contributed by atoms with E-state index < -0.39 is 0 Å². The first-order valence-corrected chi connectivity index (χ1v) is 5.70. The van der Waals surface area contributed by atoms with E-state index in [0.717, 1.165) is 5.56 Å². The van der Waals surface area contributed by atoms with Crippen molar-refractivity contribution >= 4 is 23.2 Å². The second kappa shape index (κ2) is 5.87. The Labute approximate surface area is 101 Å². The van der Waals surface area contributed by atoms with Crippen molar-refractivity contribution in [1.82, 2.24) is 0 Å². The zero-order valence-corrected chi connectivity index (χ0v) is 10.3. The summed E-state index contributed by atoms with van der Waals surface area (Å²) < 4.78 is 0. The van der Waals surface area contributed by atoms with E-state index >= 15 is 0 Å². The van der Waals surface area contributed by atoms with Gasteiger partial charge in [-0.1, -0.05) is 30.7 Å². The fourth-order valence-electron chi connectivity index (χ4n) is 1.42. The number of anilines is 1. The standard InChI is InChI=1S/C12H17ClN2O/c1-8-4-3-5-10(13)11(8)15-12(16)9(2)6-7-14/h3-5,9H,6-7,14H2,1-2H3,(H,15,16). The summed E-state index contributed by atoms with van der Waals surface area (Å²) in [5.41, 5.74) is 7.07. The molecule has 88 valence electrons. The van der Waals surface area contributed by atoms with E-state index in [1.807, 2.05) is 26.0 Å². The Morgan fingerprint density at radius 3 is 2.81 bits per heavy atom. The molecular weight excluding hydrogens is 224 g/mol. The van der Waals surface area contributed by atoms with Crippen LogP contribution in [-0.2, 0) is 4.79 Å². The van der Waals surface area contributed by atoms with Crippen molar-refractivity contribution in [3.05, 3.63) is 28.8 Å². The fraction of sp³-hybridized carbons (Fsp3) is 0.417. The molecule has 0 aliphatic carbocycles. The predicted molar refractivity (Wildman–Crippen MR) is 67.7 cm³/mol. The quantitative estimate of drug-likeness (QED) is 0.850. The molecule has 1 unspecified atom stereocenters. The van der Waals surface area contributed by atoms with E-state index in [0.29, 0.717) is 23.7 Å². The molecule has 0 bridgehead atoms. The van der Waals surface area contributed by atoms with Crippen LogP contribution >= 0.6 is 11.6 Å². The van der Waals surface area contributed by atoms with Crippen molar-refractivity contribution < 1.29 is 4.79 Å². The molecule has 4 heteroatoms. The zero-order valence-electron chi connectivity index (χ0n) is 9.59. The van der Waals surface area contributed by atoms with Crippen LogP contribution in [-0.4, -0.2) is 12.5 Å². The number of aryl methyl sites for hydroxylation is 1. The van der Waals surface area contributed by atoms with Gasteiger partial charge < -0.3 is 11.1 Å². The number of nitrogens with one attached hydrogen (secondary N) is 1. The molecule has 1 rings (SSSR count). The van der Waals surface area contributed by atoms with Gasteiger partial charge in [-0.05, 0) is 31.5 Å². The molecule has 0 radical (unpaired) electrons. The summed E-state index contributed by atoms with van der Waals surface area (Å²) >= 11 is 6.02. The number of rotatable bonds is 4. The first-order chi connectivity index (χ1) is 7.56. The average molecular weight is 241 g/mol. The summed E-state index contributed by atoms with van der Waals surface area (Å²) in [6.45, 7) is 4.28. The topological polar surface area (TPSA) is 55.1 Å². The van der Waals surface area contributed by atoms with Crippen LogP contribution in [0.25, 0.3) is 0 Å². The van der Waals surface area contributed by atoms with E-state index in [-0.39, 0.29) is 11.8 Å². The number of para-hydroxylation sites is 1. The van der Waals surface area contributed by atoms with Gasteiger partial charge in [-0.25, -0.2) is 0 Å². The fourth-order valence-corrected chi connectivity index (χ4v) is 1.69. The Morgan fingerprint density at radius 2 is 2.25 bits per heavy atom. The van der Waals surface area contributed by atoms with Gasteiger partial charge in [-0.15, -0.1) is 0 Å². The summed E-state index contributed by atoms with van der Waals surface area (Å²) in [5, 5.41) is 3.40. The van der Waals surface area contributed by atoms with Gasteiger partial charge in [-0.3, -0.25) is 4.79 Å². The Balaban J connectivity index is 2.77. The molecule has 0 aromatic heterocycles. The summed E-state index contributed by atoms with van der Waals surface area (Å²) in [7, 11) is 0. The summed E-state index contributed by atoms with van der Waals surface area (Å²) in [6.07, 6.45) is 0.676. The monoisotopic (exact) mass is 240 g/mol. The molecular formula is C12H17ClN2O. The molecule has 0 saturated heterocycles. The van der Waals surface area contributed by atoms with Crippen molar-refractivity contribution in [2.75, 3.05) is 11.9 Å². The minimum Gasteiger partial charge on any atom is -0.330 e. The maximum Gasteiger partial charge on any atom is 0.227 e. The highest BCUT2D eigenvalue weighted by molar-refractivity contribution is 6.33. The number of amides is 1. The lowest BCUT2D eigenvalue weighted by Gasteiger charge is -2.14. The molecule has 0 aliphatic heterocycles. The van der Waals surface area contributed by atoms with E-state index in [1.165, 1.54) is 0 Å². The molecule has 1 aromatic rings. The molecule has 3 N–H and O–H groups in total. The normalized spacial score (nSPS) is 12.2. The van der Waals surface area contributed by atoms with Crippen molar-refractivity contribution in [2.24, 2.45) is 11.7 Å². The lowest BCUT2D eigenvalue weighted by molar-refractivity contribution is -0.119. The highest BCUT2D eigenvalue weighted by Gasteiger charge is 2.14. The first kappa shape index (κ1) is 13.0. The first-order valence-electron chi connectivity index (χ1n) is 5.32. The smallest absolute Gasteiger partial charge is 0.227 e. The Hall–Kier alpha value is -1.06. The minimum atomic E-state index is -0.0966. The summed E-state index contributed by atoms with van der Waals surface area (Å²) in [6, 6.07) is 5.53. The van der Waals surface area contributed by atoms with E-state index in [4.69, 9.17) is 17.3 Å². The van der Waals surface area contributed by atoms with Crippen LogP contribution in [0.3, 0.4) is 0 Å². The zero-order chi connectivity index (χ0) is 12.1. The van der Waals surface area contributed by atoms with Gasteiger partial charge in [0.05, 0.1) is 10.7 Å². The van der Waals surface area contributed by atoms with Gasteiger partial charge in [0.25, 0.3) is 0 Å². The maximum atomic E-state index is 11.8. The molecule has 16 heavy (non-hydrogen) atoms. The lowest BCUT2D eigenvalue weighted by atomic mass is 10.1. The van der Waals surface area contributed by atoms with Crippen molar-refractivity contribution in [3.63, 3.8) is 0 Å². The number of halogens is 1. The number of benzene rings is 1. The molecule has 0 fully saturated rings. The molecule has 1 aromatic carbocycles. The van der Waals surface area contributed by atoms with Gasteiger partial charge >= 0.3 is 0 Å². The van der Waals surface area contributed by atoms with Crippen LogP contribution in [0, 0.1) is 12.8 Å². The lowest BCUT2D eigenvalue weighted by Crippen LogP contribution is -2.23. The predicted octanol–water partition coefficient (Wildman–Crippen LogP) is 2.57. The largest absolute Gasteiger partial charge is 0.330 e. The van der Waals surface area contributed by atoms with Gasteiger partial charge in [0.1, 0.15) is 0 Å². The van der Waals surface area contributed by atoms with E-state index in [9.17, 15) is 4.79 Å². The Kier molecular flexibility index (Phi) is 4.77. The number of carbonyl (C=O) groups excluding carboxylic acids is 1. The third-order valence-electron chi connectivity index (χ3n) is 2.52. The average Bonchev–Trinajstić information content (AvgIpc) is 2.23. The van der Waals surface area contributed by atoms with E-state index in [2.05, 4.69) is 5.32 Å². The molecule has 1 atom stereocenters. The molecule has 0 heterocycles. The Morgan fingerprint density at radius 1 is 1.56 bits per heavy atom. The molecule has 0 aliphatic rings. The second-order valence-corrected chi connectivity index (χ2v) is 4.31. The Bertz CT molecular complexity index is 359. The van der Waals surface area contributed by atoms with Crippen molar-refractivity contribution in [1.29, 1.82) is 0 Å². The summed E-state index contributed by atoms with van der Waals surface area (Å²) in [4.78, 5) is 11.8. The molecule has 0 spiro atoms. The van der Waals surface area contributed by atoms with Gasteiger partial charge in [0, 0.05) is 5.92 Å². The minimum absolute atomic E-state index is 0.0401. The van der Waals surface area contributed by atoms with Crippen molar-refractivity contribution in [2.45, 2.75) is 20.3 Å². The van der Waals surface area contributed by atoms with Crippen LogP contribution < -0.4 is 11.1 Å². The van der Waals surface area contributed by atoms with Crippen LogP contribution in [0.1, 0.15) is 18.9 Å². The summed E-state index contributed by atoms with van der Waals surface area (Å²) in [5.74, 6) is -0.137. The number of hydrogen-bond acceptors (Lipinski definition) is 2. The number of nitrogens with two attached hydrogens (primary N) is 1.